The summed E-state index contributed by atoms with van der Waals surface area (Å²) >= 11 is 0. The van der Waals surface area contributed by atoms with Gasteiger partial charge in [-0.3, -0.25) is 9.69 Å². The van der Waals surface area contributed by atoms with E-state index in [4.69, 9.17) is 0 Å². The van der Waals surface area contributed by atoms with E-state index in [2.05, 4.69) is 47.8 Å². The lowest BCUT2D eigenvalue weighted by molar-refractivity contribution is -0.118. The van der Waals surface area contributed by atoms with Crippen LogP contribution in [0.2, 0.25) is 0 Å². The van der Waals surface area contributed by atoms with Gasteiger partial charge >= 0.3 is 0 Å². The molecule has 0 unspecified atom stereocenters. The summed E-state index contributed by atoms with van der Waals surface area (Å²) in [6.45, 7) is 0. The Morgan fingerprint density at radius 2 is 1.29 bits per heavy atom. The largest absolute Gasteiger partial charge is 0.356 e. The number of hydrogen-bond acceptors (Lipinski definition) is 2. The molecule has 0 aromatic heterocycles. The molecule has 4 bridgehead atoms. The molecule has 1 aliphatic heterocycles. The Kier molecular flexibility index (Phi) is 4.62. The summed E-state index contributed by atoms with van der Waals surface area (Å²) in [5.41, 5.74) is 7.37. The topological polar surface area (TPSA) is 32.3 Å². The number of anilines is 4. The van der Waals surface area contributed by atoms with E-state index in [9.17, 15) is 4.79 Å². The van der Waals surface area contributed by atoms with E-state index in [1.807, 2.05) is 35.2 Å². The van der Waals surface area contributed by atoms with Crippen LogP contribution in [-0.4, -0.2) is 5.91 Å². The smallest absolute Gasteiger partial charge is 0.231 e. The normalized spacial score (nSPS) is 29.2. The summed E-state index contributed by atoms with van der Waals surface area (Å²) < 4.78 is 0. The Balaban J connectivity index is 1.09. The average molecular weight is 449 g/mol. The van der Waals surface area contributed by atoms with Crippen LogP contribution in [-0.2, 0) is 16.6 Å². The molecule has 0 radical (unpaired) electrons. The minimum absolute atomic E-state index is 0.166. The van der Waals surface area contributed by atoms with Crippen molar-refractivity contribution in [2.45, 2.75) is 56.8 Å². The van der Waals surface area contributed by atoms with Gasteiger partial charge in [-0.1, -0.05) is 30.3 Å². The van der Waals surface area contributed by atoms with E-state index in [0.717, 1.165) is 46.9 Å². The van der Waals surface area contributed by atoms with Crippen molar-refractivity contribution in [2.24, 2.45) is 17.8 Å². The summed E-state index contributed by atoms with van der Waals surface area (Å²) in [6, 6.07) is 25.8. The van der Waals surface area contributed by atoms with Gasteiger partial charge in [0.05, 0.1) is 5.69 Å². The maximum Gasteiger partial charge on any atom is 0.231 e. The van der Waals surface area contributed by atoms with Crippen LogP contribution in [0.1, 0.15) is 56.1 Å². The molecule has 3 nitrogen and oxygen atoms in total. The fourth-order valence-electron chi connectivity index (χ4n) is 7.94. The van der Waals surface area contributed by atoms with Crippen LogP contribution in [0.4, 0.5) is 22.7 Å². The first-order chi connectivity index (χ1) is 16.6. The lowest BCUT2D eigenvalue weighted by Crippen LogP contribution is -2.48. The number of rotatable bonds is 4. The van der Waals surface area contributed by atoms with Crippen molar-refractivity contribution in [3.8, 4) is 0 Å². The lowest BCUT2D eigenvalue weighted by atomic mass is 9.48. The first-order valence-corrected chi connectivity index (χ1v) is 13.0. The minimum atomic E-state index is 0.166. The van der Waals surface area contributed by atoms with Gasteiger partial charge in [0.25, 0.3) is 0 Å². The number of carbonyl (C=O) groups excluding carboxylic acids is 1. The Hall–Kier alpha value is -3.07. The van der Waals surface area contributed by atoms with E-state index in [0.29, 0.717) is 11.8 Å². The summed E-state index contributed by atoms with van der Waals surface area (Å²) in [7, 11) is 0. The molecule has 1 heterocycles. The van der Waals surface area contributed by atoms with Gasteiger partial charge in [0, 0.05) is 23.5 Å². The zero-order chi connectivity index (χ0) is 22.7. The van der Waals surface area contributed by atoms with Crippen LogP contribution in [0.5, 0.6) is 0 Å². The van der Waals surface area contributed by atoms with Crippen LogP contribution >= 0.6 is 0 Å². The molecule has 3 heteroatoms. The summed E-state index contributed by atoms with van der Waals surface area (Å²) in [4.78, 5) is 14.6. The Labute approximate surface area is 202 Å². The first kappa shape index (κ1) is 20.3. The van der Waals surface area contributed by atoms with Gasteiger partial charge in [-0.05, 0) is 122 Å². The van der Waals surface area contributed by atoms with Crippen molar-refractivity contribution in [1.29, 1.82) is 0 Å². The predicted octanol–water partition coefficient (Wildman–Crippen LogP) is 7.51. The van der Waals surface area contributed by atoms with Crippen LogP contribution in [0.15, 0.2) is 72.8 Å². The molecule has 34 heavy (non-hydrogen) atoms. The minimum Gasteiger partial charge on any atom is -0.356 e. The lowest BCUT2D eigenvalue weighted by Gasteiger charge is -2.57. The second kappa shape index (κ2) is 7.73. The monoisotopic (exact) mass is 448 g/mol. The molecule has 172 valence electrons. The molecular formula is C31H32N2O. The second-order valence-electron chi connectivity index (χ2n) is 11.3. The standard InChI is InChI=1S/C31H32N2O/c34-30-14-5-24-3-1-2-4-29(24)33(30)28-12-10-27(11-13-28)32-26-8-6-25(7-9-26)31-18-21-15-22(19-31)17-23(16-21)20-31/h1-4,6-13,21-23,32H,5,14-20H2. The molecule has 1 amide bonds. The summed E-state index contributed by atoms with van der Waals surface area (Å²) in [6.07, 6.45) is 10.1. The van der Waals surface area contributed by atoms with Gasteiger partial charge in [0.15, 0.2) is 0 Å². The molecule has 1 N–H and O–H groups in total. The third-order valence-electron chi connectivity index (χ3n) is 9.04. The van der Waals surface area contributed by atoms with Crippen molar-refractivity contribution in [1.82, 2.24) is 0 Å². The number of carbonyl (C=O) groups is 1. The van der Waals surface area contributed by atoms with Crippen molar-refractivity contribution >= 4 is 28.7 Å². The van der Waals surface area contributed by atoms with E-state index in [1.165, 1.54) is 44.1 Å². The Morgan fingerprint density at radius 3 is 1.94 bits per heavy atom. The number of para-hydroxylation sites is 1. The van der Waals surface area contributed by atoms with Gasteiger partial charge in [0.2, 0.25) is 5.91 Å². The number of fused-ring (bicyclic) bond motifs is 1. The number of hydrogen-bond donors (Lipinski definition) is 1. The zero-order valence-corrected chi connectivity index (χ0v) is 19.7. The summed E-state index contributed by atoms with van der Waals surface area (Å²) in [5, 5.41) is 3.56. The van der Waals surface area contributed by atoms with E-state index in [1.54, 1.807) is 5.56 Å². The van der Waals surface area contributed by atoms with E-state index >= 15 is 0 Å². The van der Waals surface area contributed by atoms with Gasteiger partial charge in [0.1, 0.15) is 0 Å². The van der Waals surface area contributed by atoms with Crippen LogP contribution in [0.25, 0.3) is 0 Å². The molecule has 5 aliphatic rings. The van der Waals surface area contributed by atoms with Gasteiger partial charge < -0.3 is 5.32 Å². The highest BCUT2D eigenvalue weighted by molar-refractivity contribution is 6.03. The molecular weight excluding hydrogens is 416 g/mol. The number of aryl methyl sites for hydroxylation is 1. The molecule has 4 fully saturated rings. The van der Waals surface area contributed by atoms with Gasteiger partial charge in [-0.25, -0.2) is 0 Å². The van der Waals surface area contributed by atoms with Crippen molar-refractivity contribution in [2.75, 3.05) is 10.2 Å². The SMILES string of the molecule is O=C1CCc2ccccc2N1c1ccc(Nc2ccc(C34CC5CC(CC(C5)C3)C4)cc2)cc1. The third kappa shape index (κ3) is 3.36. The molecule has 0 saturated heterocycles. The van der Waals surface area contributed by atoms with Gasteiger partial charge in [-0.15, -0.1) is 0 Å². The van der Waals surface area contributed by atoms with Crippen LogP contribution in [0, 0.1) is 17.8 Å². The highest BCUT2D eigenvalue weighted by Gasteiger charge is 2.51. The fourth-order valence-corrected chi connectivity index (χ4v) is 7.94. The van der Waals surface area contributed by atoms with Crippen LogP contribution in [0.3, 0.4) is 0 Å². The van der Waals surface area contributed by atoms with Gasteiger partial charge in [-0.2, -0.15) is 0 Å². The predicted molar refractivity (Wildman–Crippen MR) is 138 cm³/mol. The molecule has 0 spiro atoms. The molecule has 3 aromatic carbocycles. The Morgan fingerprint density at radius 1 is 0.706 bits per heavy atom. The quantitative estimate of drug-likeness (QED) is 0.448. The molecule has 4 aliphatic carbocycles. The Bertz CT molecular complexity index is 1190. The first-order valence-electron chi connectivity index (χ1n) is 13.0. The maximum absolute atomic E-state index is 12.7. The van der Waals surface area contributed by atoms with Crippen LogP contribution < -0.4 is 10.2 Å². The highest BCUT2D eigenvalue weighted by atomic mass is 16.2. The number of nitrogens with zero attached hydrogens (tertiary/aromatic N) is 1. The second-order valence-corrected chi connectivity index (χ2v) is 11.3. The van der Waals surface area contributed by atoms with E-state index in [-0.39, 0.29) is 5.91 Å². The highest BCUT2D eigenvalue weighted by Crippen LogP contribution is 2.60. The summed E-state index contributed by atoms with van der Waals surface area (Å²) in [5.74, 6) is 3.09. The number of benzene rings is 3. The number of amides is 1. The molecule has 3 aromatic rings. The third-order valence-corrected chi connectivity index (χ3v) is 9.04. The molecule has 0 atom stereocenters. The van der Waals surface area contributed by atoms with E-state index < -0.39 is 0 Å². The maximum atomic E-state index is 12.7. The van der Waals surface area contributed by atoms with Crippen molar-refractivity contribution < 1.29 is 4.79 Å². The van der Waals surface area contributed by atoms with Crippen molar-refractivity contribution in [3.63, 3.8) is 0 Å². The zero-order valence-electron chi connectivity index (χ0n) is 19.7. The average Bonchev–Trinajstić information content (AvgIpc) is 2.84. The molecule has 8 rings (SSSR count). The number of nitrogens with one attached hydrogen (secondary N) is 1. The molecule has 4 saturated carbocycles. The van der Waals surface area contributed by atoms with Crippen molar-refractivity contribution in [3.05, 3.63) is 83.9 Å². The fraction of sp³-hybridized carbons (Fsp3) is 0.387.